The smallest absolute Gasteiger partial charge is 0.0431 e. The number of anilines is 2. The Morgan fingerprint density at radius 3 is 2.75 bits per heavy atom. The Morgan fingerprint density at radius 1 is 1.15 bits per heavy atom. The molecule has 2 rings (SSSR count). The fraction of sp³-hybridized carbons (Fsp3) is 0.438. The number of aliphatic hydroxyl groups excluding tert-OH is 1. The van der Waals surface area contributed by atoms with Crippen molar-refractivity contribution in [2.75, 3.05) is 24.2 Å². The molecule has 1 aromatic carbocycles. The standard InChI is InChI=1S/C16H23N3O/c1-12-10-13-14(11-19-12)15(17)6-7-16(13)18-8-4-2-3-5-9-20/h6-7,10-11,18,20H,2-5,8-9,17H2,1H3. The lowest BCUT2D eigenvalue weighted by atomic mass is 10.1. The number of nitrogens with one attached hydrogen (secondary N) is 1. The van der Waals surface area contributed by atoms with Gasteiger partial charge in [0.25, 0.3) is 0 Å². The van der Waals surface area contributed by atoms with Crippen molar-refractivity contribution in [2.24, 2.45) is 0 Å². The average Bonchev–Trinajstić information content (AvgIpc) is 2.45. The van der Waals surface area contributed by atoms with Crippen LogP contribution in [-0.4, -0.2) is 23.2 Å². The first-order valence-electron chi connectivity index (χ1n) is 7.22. The molecule has 0 radical (unpaired) electrons. The molecular formula is C16H23N3O. The predicted octanol–water partition coefficient (Wildman–Crippen LogP) is 3.09. The summed E-state index contributed by atoms with van der Waals surface area (Å²) in [6, 6.07) is 6.03. The summed E-state index contributed by atoms with van der Waals surface area (Å²) >= 11 is 0. The van der Waals surface area contributed by atoms with Crippen LogP contribution in [0.5, 0.6) is 0 Å². The minimum atomic E-state index is 0.294. The molecule has 4 N–H and O–H groups in total. The Labute approximate surface area is 120 Å². The van der Waals surface area contributed by atoms with Crippen LogP contribution in [0.4, 0.5) is 11.4 Å². The van der Waals surface area contributed by atoms with E-state index in [-0.39, 0.29) is 0 Å². The molecule has 0 unspecified atom stereocenters. The summed E-state index contributed by atoms with van der Waals surface area (Å²) in [6.45, 7) is 3.22. The Hall–Kier alpha value is -1.81. The molecule has 0 saturated carbocycles. The van der Waals surface area contributed by atoms with E-state index in [1.54, 1.807) is 0 Å². The highest BCUT2D eigenvalue weighted by Gasteiger charge is 2.04. The first kappa shape index (κ1) is 14.6. The molecule has 0 atom stereocenters. The number of hydrogen-bond donors (Lipinski definition) is 3. The molecule has 0 spiro atoms. The Morgan fingerprint density at radius 2 is 1.95 bits per heavy atom. The highest BCUT2D eigenvalue weighted by atomic mass is 16.2. The van der Waals surface area contributed by atoms with E-state index in [9.17, 15) is 0 Å². The molecule has 20 heavy (non-hydrogen) atoms. The van der Waals surface area contributed by atoms with Gasteiger partial charge in [-0.05, 0) is 38.0 Å². The molecule has 0 amide bonds. The van der Waals surface area contributed by atoms with Crippen molar-refractivity contribution >= 4 is 22.1 Å². The van der Waals surface area contributed by atoms with Gasteiger partial charge in [0.05, 0.1) is 0 Å². The third-order valence-electron chi connectivity index (χ3n) is 3.47. The largest absolute Gasteiger partial charge is 0.398 e. The minimum Gasteiger partial charge on any atom is -0.398 e. The van der Waals surface area contributed by atoms with E-state index >= 15 is 0 Å². The lowest BCUT2D eigenvalue weighted by Gasteiger charge is -2.11. The van der Waals surface area contributed by atoms with Crippen LogP contribution in [-0.2, 0) is 0 Å². The van der Waals surface area contributed by atoms with Gasteiger partial charge in [-0.15, -0.1) is 0 Å². The molecule has 4 heteroatoms. The van der Waals surface area contributed by atoms with Gasteiger partial charge in [0.1, 0.15) is 0 Å². The lowest BCUT2D eigenvalue weighted by molar-refractivity contribution is 0.283. The lowest BCUT2D eigenvalue weighted by Crippen LogP contribution is -2.03. The zero-order valence-corrected chi connectivity index (χ0v) is 12.0. The zero-order valence-electron chi connectivity index (χ0n) is 12.0. The number of aromatic nitrogens is 1. The summed E-state index contributed by atoms with van der Waals surface area (Å²) in [5, 5.41) is 14.3. The zero-order chi connectivity index (χ0) is 14.4. The van der Waals surface area contributed by atoms with Gasteiger partial charge in [-0.25, -0.2) is 0 Å². The van der Waals surface area contributed by atoms with E-state index in [1.165, 1.54) is 0 Å². The van der Waals surface area contributed by atoms with E-state index in [0.717, 1.165) is 60.1 Å². The normalized spacial score (nSPS) is 10.9. The molecule has 0 aliphatic heterocycles. The molecule has 2 aromatic rings. The van der Waals surface area contributed by atoms with Gasteiger partial charge < -0.3 is 16.2 Å². The van der Waals surface area contributed by atoms with Crippen LogP contribution in [0, 0.1) is 6.92 Å². The monoisotopic (exact) mass is 273 g/mol. The molecule has 0 bridgehead atoms. The maximum Gasteiger partial charge on any atom is 0.0431 e. The van der Waals surface area contributed by atoms with Crippen LogP contribution in [0.15, 0.2) is 24.4 Å². The van der Waals surface area contributed by atoms with E-state index in [2.05, 4.69) is 16.4 Å². The third kappa shape index (κ3) is 3.61. The highest BCUT2D eigenvalue weighted by Crippen LogP contribution is 2.28. The van der Waals surface area contributed by atoms with E-state index in [0.29, 0.717) is 6.61 Å². The number of hydrogen-bond acceptors (Lipinski definition) is 4. The van der Waals surface area contributed by atoms with Crippen LogP contribution < -0.4 is 11.1 Å². The SMILES string of the molecule is Cc1cc2c(NCCCCCCO)ccc(N)c2cn1. The molecule has 0 aliphatic rings. The number of rotatable bonds is 7. The fourth-order valence-corrected chi connectivity index (χ4v) is 2.33. The van der Waals surface area contributed by atoms with Crippen LogP contribution >= 0.6 is 0 Å². The number of nitrogens with two attached hydrogens (primary N) is 1. The number of nitrogens with zero attached hydrogens (tertiary/aromatic N) is 1. The Bertz CT molecular complexity index is 569. The van der Waals surface area contributed by atoms with Gasteiger partial charge in [0.15, 0.2) is 0 Å². The number of pyridine rings is 1. The first-order chi connectivity index (χ1) is 9.72. The van der Waals surface area contributed by atoms with Gasteiger partial charge in [0.2, 0.25) is 0 Å². The summed E-state index contributed by atoms with van der Waals surface area (Å²) < 4.78 is 0. The van der Waals surface area contributed by atoms with Gasteiger partial charge in [-0.2, -0.15) is 0 Å². The second-order valence-electron chi connectivity index (χ2n) is 5.14. The number of fused-ring (bicyclic) bond motifs is 1. The van der Waals surface area contributed by atoms with Gasteiger partial charge in [-0.3, -0.25) is 4.98 Å². The van der Waals surface area contributed by atoms with Gasteiger partial charge in [-0.1, -0.05) is 12.8 Å². The molecule has 0 saturated heterocycles. The van der Waals surface area contributed by atoms with Crippen LogP contribution in [0.1, 0.15) is 31.4 Å². The van der Waals surface area contributed by atoms with Crippen molar-refractivity contribution in [1.29, 1.82) is 0 Å². The summed E-state index contributed by atoms with van der Waals surface area (Å²) in [7, 11) is 0. The van der Waals surface area contributed by atoms with E-state index < -0.39 is 0 Å². The summed E-state index contributed by atoms with van der Waals surface area (Å²) in [5.74, 6) is 0. The van der Waals surface area contributed by atoms with Gasteiger partial charge >= 0.3 is 0 Å². The first-order valence-corrected chi connectivity index (χ1v) is 7.22. The van der Waals surface area contributed by atoms with Crippen molar-refractivity contribution in [1.82, 2.24) is 4.98 Å². The minimum absolute atomic E-state index is 0.294. The molecule has 0 aliphatic carbocycles. The van der Waals surface area contributed by atoms with Crippen molar-refractivity contribution < 1.29 is 5.11 Å². The summed E-state index contributed by atoms with van der Waals surface area (Å²) in [6.07, 6.45) is 6.07. The van der Waals surface area contributed by atoms with Crippen molar-refractivity contribution in [3.05, 3.63) is 30.1 Å². The Balaban J connectivity index is 2.03. The fourth-order valence-electron chi connectivity index (χ4n) is 2.33. The average molecular weight is 273 g/mol. The van der Waals surface area contributed by atoms with Crippen LogP contribution in [0.25, 0.3) is 10.8 Å². The number of aliphatic hydroxyl groups is 1. The van der Waals surface area contributed by atoms with Crippen molar-refractivity contribution in [2.45, 2.75) is 32.6 Å². The predicted molar refractivity (Wildman–Crippen MR) is 84.9 cm³/mol. The molecule has 1 heterocycles. The third-order valence-corrected chi connectivity index (χ3v) is 3.47. The maximum absolute atomic E-state index is 8.74. The quantitative estimate of drug-likeness (QED) is 0.535. The van der Waals surface area contributed by atoms with E-state index in [1.807, 2.05) is 25.3 Å². The molecule has 1 aromatic heterocycles. The van der Waals surface area contributed by atoms with Crippen molar-refractivity contribution in [3.8, 4) is 0 Å². The topological polar surface area (TPSA) is 71.2 Å². The second-order valence-corrected chi connectivity index (χ2v) is 5.14. The Kier molecular flexibility index (Phi) is 5.18. The maximum atomic E-state index is 8.74. The van der Waals surface area contributed by atoms with Crippen LogP contribution in [0.2, 0.25) is 0 Å². The van der Waals surface area contributed by atoms with Gasteiger partial charge in [0, 0.05) is 47.2 Å². The summed E-state index contributed by atoms with van der Waals surface area (Å²) in [5.41, 5.74) is 8.87. The number of aryl methyl sites for hydroxylation is 1. The van der Waals surface area contributed by atoms with Crippen LogP contribution in [0.3, 0.4) is 0 Å². The number of unbranched alkanes of at least 4 members (excludes halogenated alkanes) is 3. The number of benzene rings is 1. The molecule has 4 nitrogen and oxygen atoms in total. The summed E-state index contributed by atoms with van der Waals surface area (Å²) in [4.78, 5) is 4.31. The van der Waals surface area contributed by atoms with E-state index in [4.69, 9.17) is 10.8 Å². The molecule has 108 valence electrons. The molecule has 0 fully saturated rings. The number of nitrogen functional groups attached to an aromatic ring is 1. The van der Waals surface area contributed by atoms with Crippen molar-refractivity contribution in [3.63, 3.8) is 0 Å². The molecular weight excluding hydrogens is 250 g/mol. The highest BCUT2D eigenvalue weighted by molar-refractivity contribution is 6.00. The second kappa shape index (κ2) is 7.10.